The standard InChI is InChI=1S/C22H31ClN2O6S/c1-22(2,3)31-21(27)25-14-16(13-18(25)20(26)30-4)32(28,29)19-9-8-15(12-17(19)23)24-10-6-5-7-11-24/h8-9,12,16,18H,5-7,10-11,13-14H2,1-4H3/t16-,18+/m1/s1. The highest BCUT2D eigenvalue weighted by Gasteiger charge is 2.47. The largest absolute Gasteiger partial charge is 0.467 e. The number of amides is 1. The number of carbonyl (C=O) groups excluding carboxylic acids is 2. The van der Waals surface area contributed by atoms with Gasteiger partial charge in [0.25, 0.3) is 0 Å². The highest BCUT2D eigenvalue weighted by molar-refractivity contribution is 7.92. The van der Waals surface area contributed by atoms with Crippen LogP contribution in [0, 0.1) is 0 Å². The smallest absolute Gasteiger partial charge is 0.411 e. The van der Waals surface area contributed by atoms with Gasteiger partial charge in [-0.2, -0.15) is 0 Å². The Hall–Kier alpha value is -2.00. The zero-order valence-corrected chi connectivity index (χ0v) is 20.5. The number of nitrogens with zero attached hydrogens (tertiary/aromatic N) is 2. The fourth-order valence-corrected chi connectivity index (χ4v) is 6.39. The quantitative estimate of drug-likeness (QED) is 0.599. The molecule has 32 heavy (non-hydrogen) atoms. The van der Waals surface area contributed by atoms with Crippen LogP contribution in [0.3, 0.4) is 0 Å². The normalized spacial score (nSPS) is 22.0. The second kappa shape index (κ2) is 9.47. The predicted octanol–water partition coefficient (Wildman–Crippen LogP) is 3.66. The van der Waals surface area contributed by atoms with E-state index >= 15 is 0 Å². The second-order valence-electron chi connectivity index (χ2n) is 9.24. The van der Waals surface area contributed by atoms with Gasteiger partial charge < -0.3 is 14.4 Å². The number of anilines is 1. The molecule has 2 heterocycles. The summed E-state index contributed by atoms with van der Waals surface area (Å²) in [4.78, 5) is 28.3. The molecule has 2 saturated heterocycles. The van der Waals surface area contributed by atoms with Crippen LogP contribution < -0.4 is 4.90 Å². The van der Waals surface area contributed by atoms with Crippen molar-refractivity contribution in [2.24, 2.45) is 0 Å². The molecule has 3 rings (SSSR count). The van der Waals surface area contributed by atoms with Gasteiger partial charge in [-0.15, -0.1) is 0 Å². The number of likely N-dealkylation sites (tertiary alicyclic amines) is 1. The van der Waals surface area contributed by atoms with Gasteiger partial charge in [0.2, 0.25) is 0 Å². The third-order valence-electron chi connectivity index (χ3n) is 5.75. The lowest BCUT2D eigenvalue weighted by atomic mass is 10.1. The number of carbonyl (C=O) groups is 2. The molecular formula is C22H31ClN2O6S. The van der Waals surface area contributed by atoms with Gasteiger partial charge in [0.05, 0.1) is 22.3 Å². The van der Waals surface area contributed by atoms with Crippen molar-refractivity contribution in [3.8, 4) is 0 Å². The van der Waals surface area contributed by atoms with Crippen molar-refractivity contribution in [3.05, 3.63) is 23.2 Å². The van der Waals surface area contributed by atoms with E-state index in [4.69, 9.17) is 21.1 Å². The lowest BCUT2D eigenvalue weighted by Gasteiger charge is -2.29. The van der Waals surface area contributed by atoms with Gasteiger partial charge in [-0.3, -0.25) is 4.90 Å². The molecule has 178 valence electrons. The van der Waals surface area contributed by atoms with Crippen LogP contribution >= 0.6 is 11.6 Å². The molecule has 1 aromatic rings. The molecule has 0 bridgehead atoms. The highest BCUT2D eigenvalue weighted by Crippen LogP contribution is 2.35. The summed E-state index contributed by atoms with van der Waals surface area (Å²) in [6.07, 6.45) is 2.54. The van der Waals surface area contributed by atoms with Gasteiger partial charge >= 0.3 is 12.1 Å². The molecule has 1 aromatic carbocycles. The molecule has 2 aliphatic rings. The van der Waals surface area contributed by atoms with Crippen molar-refractivity contribution in [2.45, 2.75) is 68.2 Å². The maximum absolute atomic E-state index is 13.4. The predicted molar refractivity (Wildman–Crippen MR) is 122 cm³/mol. The van der Waals surface area contributed by atoms with Gasteiger partial charge in [-0.05, 0) is 64.7 Å². The molecule has 0 unspecified atom stereocenters. The second-order valence-corrected chi connectivity index (χ2v) is 11.8. The summed E-state index contributed by atoms with van der Waals surface area (Å²) in [6.45, 7) is 6.75. The number of halogens is 1. The van der Waals surface area contributed by atoms with Crippen molar-refractivity contribution < 1.29 is 27.5 Å². The van der Waals surface area contributed by atoms with Crippen LogP contribution in [-0.2, 0) is 24.1 Å². The van der Waals surface area contributed by atoms with Crippen LogP contribution in [0.25, 0.3) is 0 Å². The molecule has 8 nitrogen and oxygen atoms in total. The van der Waals surface area contributed by atoms with E-state index in [0.717, 1.165) is 36.5 Å². The molecule has 0 aromatic heterocycles. The molecule has 10 heteroatoms. The first kappa shape index (κ1) is 24.6. The molecular weight excluding hydrogens is 456 g/mol. The molecule has 0 aliphatic carbocycles. The van der Waals surface area contributed by atoms with Crippen LogP contribution in [0.2, 0.25) is 5.02 Å². The van der Waals surface area contributed by atoms with E-state index in [9.17, 15) is 18.0 Å². The van der Waals surface area contributed by atoms with Crippen molar-refractivity contribution in [1.82, 2.24) is 4.90 Å². The zero-order chi connectivity index (χ0) is 23.7. The summed E-state index contributed by atoms with van der Waals surface area (Å²) in [7, 11) is -2.71. The Balaban J connectivity index is 1.85. The number of esters is 1. The fourth-order valence-electron chi connectivity index (χ4n) is 4.15. The number of piperidine rings is 1. The minimum atomic E-state index is -3.91. The first-order valence-electron chi connectivity index (χ1n) is 10.8. The molecule has 2 atom stereocenters. The Bertz CT molecular complexity index is 969. The molecule has 2 fully saturated rings. The number of ether oxygens (including phenoxy) is 2. The van der Waals surface area contributed by atoms with Crippen LogP contribution in [0.15, 0.2) is 23.1 Å². The third-order valence-corrected chi connectivity index (χ3v) is 8.36. The van der Waals surface area contributed by atoms with E-state index < -0.39 is 38.8 Å². The van der Waals surface area contributed by atoms with E-state index in [-0.39, 0.29) is 22.9 Å². The Morgan fingerprint density at radius 3 is 2.34 bits per heavy atom. The average molecular weight is 487 g/mol. The van der Waals surface area contributed by atoms with Crippen molar-refractivity contribution in [1.29, 1.82) is 0 Å². The number of hydrogen-bond donors (Lipinski definition) is 0. The van der Waals surface area contributed by atoms with Crippen LogP contribution in [0.1, 0.15) is 46.5 Å². The third kappa shape index (κ3) is 5.31. The Morgan fingerprint density at radius 1 is 1.12 bits per heavy atom. The first-order chi connectivity index (χ1) is 14.9. The maximum Gasteiger partial charge on any atom is 0.411 e. The number of methoxy groups -OCH3 is 1. The summed E-state index contributed by atoms with van der Waals surface area (Å²) >= 11 is 6.42. The Labute approximate surface area is 194 Å². The summed E-state index contributed by atoms with van der Waals surface area (Å²) in [5, 5.41) is -0.865. The SMILES string of the molecule is COC(=O)[C@@H]1C[C@@H](S(=O)(=O)c2ccc(N3CCCCC3)cc2Cl)CN1C(=O)OC(C)(C)C. The molecule has 1 amide bonds. The average Bonchev–Trinajstić information content (AvgIpc) is 3.19. The van der Waals surface area contributed by atoms with Gasteiger partial charge in [0.1, 0.15) is 11.6 Å². The lowest BCUT2D eigenvalue weighted by Crippen LogP contribution is -2.44. The molecule has 0 radical (unpaired) electrons. The molecule has 0 saturated carbocycles. The Morgan fingerprint density at radius 2 is 1.78 bits per heavy atom. The lowest BCUT2D eigenvalue weighted by molar-refractivity contribution is -0.145. The van der Waals surface area contributed by atoms with E-state index in [2.05, 4.69) is 4.90 Å². The van der Waals surface area contributed by atoms with Crippen LogP contribution in [0.5, 0.6) is 0 Å². The van der Waals surface area contributed by atoms with E-state index in [1.807, 2.05) is 0 Å². The van der Waals surface area contributed by atoms with E-state index in [1.165, 1.54) is 19.6 Å². The molecule has 2 aliphatic heterocycles. The summed E-state index contributed by atoms with van der Waals surface area (Å²) in [5.41, 5.74) is 0.102. The van der Waals surface area contributed by atoms with Gasteiger partial charge in [0, 0.05) is 25.3 Å². The van der Waals surface area contributed by atoms with Gasteiger partial charge in [0.15, 0.2) is 9.84 Å². The van der Waals surface area contributed by atoms with E-state index in [1.54, 1.807) is 32.9 Å². The summed E-state index contributed by atoms with van der Waals surface area (Å²) in [5.74, 6) is -0.680. The van der Waals surface area contributed by atoms with Crippen molar-refractivity contribution in [2.75, 3.05) is 31.6 Å². The molecule has 0 spiro atoms. The summed E-state index contributed by atoms with van der Waals surface area (Å²) < 4.78 is 37.0. The van der Waals surface area contributed by atoms with E-state index in [0.29, 0.717) is 0 Å². The molecule has 0 N–H and O–H groups in total. The van der Waals surface area contributed by atoms with Crippen LogP contribution in [-0.4, -0.2) is 69.0 Å². The number of benzene rings is 1. The van der Waals surface area contributed by atoms with Crippen LogP contribution in [0.4, 0.5) is 10.5 Å². The minimum Gasteiger partial charge on any atom is -0.467 e. The Kier molecular flexibility index (Phi) is 7.29. The monoisotopic (exact) mass is 486 g/mol. The topological polar surface area (TPSA) is 93.2 Å². The number of hydrogen-bond acceptors (Lipinski definition) is 7. The van der Waals surface area contributed by atoms with Crippen molar-refractivity contribution >= 4 is 39.2 Å². The number of rotatable bonds is 4. The van der Waals surface area contributed by atoms with Crippen molar-refractivity contribution in [3.63, 3.8) is 0 Å². The maximum atomic E-state index is 13.4. The highest BCUT2D eigenvalue weighted by atomic mass is 35.5. The first-order valence-corrected chi connectivity index (χ1v) is 12.7. The number of sulfone groups is 1. The van der Waals surface area contributed by atoms with Gasteiger partial charge in [-0.25, -0.2) is 18.0 Å². The van der Waals surface area contributed by atoms with Gasteiger partial charge in [-0.1, -0.05) is 11.6 Å². The fraction of sp³-hybridized carbons (Fsp3) is 0.636. The zero-order valence-electron chi connectivity index (χ0n) is 19.0. The summed E-state index contributed by atoms with van der Waals surface area (Å²) in [6, 6.07) is 3.92. The minimum absolute atomic E-state index is 0.000388.